The molecule has 1 rings (SSSR count). The van der Waals surface area contributed by atoms with Crippen molar-refractivity contribution in [3.05, 3.63) is 0 Å². The summed E-state index contributed by atoms with van der Waals surface area (Å²) in [5, 5.41) is 5.70. The van der Waals surface area contributed by atoms with Gasteiger partial charge in [-0.25, -0.2) is 0 Å². The van der Waals surface area contributed by atoms with Gasteiger partial charge in [0.15, 0.2) is 6.17 Å². The molecule has 0 bridgehead atoms. The second-order valence-corrected chi connectivity index (χ2v) is 5.43. The van der Waals surface area contributed by atoms with Crippen molar-refractivity contribution < 1.29 is 0 Å². The van der Waals surface area contributed by atoms with Gasteiger partial charge < -0.3 is 0 Å². The zero-order chi connectivity index (χ0) is 9.35. The van der Waals surface area contributed by atoms with E-state index in [0.29, 0.717) is 6.54 Å². The molecule has 1 heterocycles. The lowest BCUT2D eigenvalue weighted by atomic mass is 10.5. The van der Waals surface area contributed by atoms with Crippen LogP contribution in [0.3, 0.4) is 0 Å². The van der Waals surface area contributed by atoms with Gasteiger partial charge in [0, 0.05) is 6.54 Å². The van der Waals surface area contributed by atoms with Gasteiger partial charge in [-0.1, -0.05) is 34.8 Å². The minimum atomic E-state index is -1.38. The van der Waals surface area contributed by atoms with Crippen LogP contribution < -0.4 is 0 Å². The van der Waals surface area contributed by atoms with Crippen LogP contribution >= 0.6 is 51.0 Å². The van der Waals surface area contributed by atoms with E-state index < -0.39 is 3.79 Å². The smallest absolute Gasteiger partial charge is 0.231 e. The Morgan fingerprint density at radius 3 is 2.50 bits per heavy atom. The van der Waals surface area contributed by atoms with Crippen molar-refractivity contribution in [3.63, 3.8) is 0 Å². The highest BCUT2D eigenvalue weighted by molar-refractivity contribution is 9.07. The number of halogens is 4. The molecule has 0 aromatic heterocycles. The molecule has 0 spiro atoms. The fourth-order valence-corrected chi connectivity index (χ4v) is 2.54. The second kappa shape index (κ2) is 3.78. The summed E-state index contributed by atoms with van der Waals surface area (Å²) in [6.45, 7) is 2.63. The normalized spacial score (nSPS) is 23.9. The number of rotatable bonds is 1. The molecule has 70 valence electrons. The summed E-state index contributed by atoms with van der Waals surface area (Å²) in [6.07, 6.45) is 1.18. The predicted molar refractivity (Wildman–Crippen MR) is 55.7 cm³/mol. The predicted octanol–water partition coefficient (Wildman–Crippen LogP) is 2.57. The molecule has 0 aromatic rings. The van der Waals surface area contributed by atoms with Crippen LogP contribution in [0.5, 0.6) is 0 Å². The Hall–Kier alpha value is 0.620. The van der Waals surface area contributed by atoms with Crippen molar-refractivity contribution in [2.24, 2.45) is 5.10 Å². The first-order valence-electron chi connectivity index (χ1n) is 3.28. The maximum atomic E-state index is 5.75. The monoisotopic (exact) mass is 293 g/mol. The number of alkyl halides is 3. The van der Waals surface area contributed by atoms with Crippen LogP contribution in [0.1, 0.15) is 6.92 Å². The first kappa shape index (κ1) is 10.7. The molecule has 7 heteroatoms. The highest BCUT2D eigenvalue weighted by Crippen LogP contribution is 2.38. The van der Waals surface area contributed by atoms with Crippen LogP contribution in [0.2, 0.25) is 0 Å². The Balaban J connectivity index is 2.75. The molecule has 1 aliphatic rings. The number of nitrogens with zero attached hydrogens (tertiary/aromatic N) is 3. The van der Waals surface area contributed by atoms with Crippen LogP contribution in [-0.2, 0) is 0 Å². The van der Waals surface area contributed by atoms with Gasteiger partial charge in [-0.3, -0.25) is 8.93 Å². The summed E-state index contributed by atoms with van der Waals surface area (Å²) in [4.78, 5) is 0. The van der Waals surface area contributed by atoms with Crippen molar-refractivity contribution in [2.75, 3.05) is 6.54 Å². The first-order chi connectivity index (χ1) is 5.46. The van der Waals surface area contributed by atoms with Gasteiger partial charge in [0.25, 0.3) is 0 Å². The molecule has 12 heavy (non-hydrogen) atoms. The molecule has 0 radical (unpaired) electrons. The average molecular weight is 295 g/mol. The molecule has 0 fully saturated rings. The van der Waals surface area contributed by atoms with Crippen molar-refractivity contribution in [1.29, 1.82) is 0 Å². The third-order valence-electron chi connectivity index (χ3n) is 1.44. The highest BCUT2D eigenvalue weighted by Gasteiger charge is 2.42. The SMILES string of the molecule is CCN1N=CN(Br)C1C(Cl)(Cl)Cl. The molecule has 0 N–H and O–H groups in total. The van der Waals surface area contributed by atoms with Crippen LogP contribution in [0, 0.1) is 0 Å². The van der Waals surface area contributed by atoms with Gasteiger partial charge in [-0.05, 0) is 6.92 Å². The fraction of sp³-hybridized carbons (Fsp3) is 0.800. The van der Waals surface area contributed by atoms with Crippen LogP contribution in [0.15, 0.2) is 5.10 Å². The number of hydrogen-bond donors (Lipinski definition) is 0. The van der Waals surface area contributed by atoms with Crippen molar-refractivity contribution >= 4 is 57.3 Å². The third-order valence-corrected chi connectivity index (χ3v) is 2.60. The minimum Gasteiger partial charge on any atom is -0.270 e. The molecule has 0 saturated carbocycles. The lowest BCUT2D eigenvalue weighted by molar-refractivity contribution is 0.194. The minimum absolute atomic E-state index is 0.382. The van der Waals surface area contributed by atoms with E-state index in [1.165, 1.54) is 0 Å². The molecular formula is C5H7BrCl3N3. The molecule has 1 unspecified atom stereocenters. The molecular weight excluding hydrogens is 288 g/mol. The van der Waals surface area contributed by atoms with E-state index in [2.05, 4.69) is 21.2 Å². The summed E-state index contributed by atoms with van der Waals surface area (Å²) in [5.41, 5.74) is 0. The second-order valence-electron chi connectivity index (χ2n) is 2.25. The zero-order valence-corrected chi connectivity index (χ0v) is 10.1. The molecule has 1 aliphatic heterocycles. The molecule has 0 saturated heterocycles. The molecule has 1 atom stereocenters. The van der Waals surface area contributed by atoms with Crippen LogP contribution in [-0.4, -0.2) is 31.8 Å². The van der Waals surface area contributed by atoms with Gasteiger partial charge >= 0.3 is 0 Å². The van der Waals surface area contributed by atoms with Gasteiger partial charge in [0.2, 0.25) is 3.79 Å². The summed E-state index contributed by atoms with van der Waals surface area (Å²) in [6, 6.07) is 0. The van der Waals surface area contributed by atoms with Crippen molar-refractivity contribution in [2.45, 2.75) is 16.9 Å². The van der Waals surface area contributed by atoms with E-state index in [9.17, 15) is 0 Å². The van der Waals surface area contributed by atoms with Crippen molar-refractivity contribution in [3.8, 4) is 0 Å². The molecule has 0 amide bonds. The average Bonchev–Trinajstić information content (AvgIpc) is 2.29. The van der Waals surface area contributed by atoms with E-state index in [4.69, 9.17) is 34.8 Å². The Labute approximate surface area is 94.6 Å². The van der Waals surface area contributed by atoms with Crippen molar-refractivity contribution in [1.82, 2.24) is 8.93 Å². The van der Waals surface area contributed by atoms with Gasteiger partial charge in [-0.2, -0.15) is 5.10 Å². The molecule has 0 aliphatic carbocycles. The Morgan fingerprint density at radius 1 is 1.58 bits per heavy atom. The number of hydrogen-bond acceptors (Lipinski definition) is 3. The molecule has 3 nitrogen and oxygen atoms in total. The summed E-state index contributed by atoms with van der Waals surface area (Å²) >= 11 is 20.4. The lowest BCUT2D eigenvalue weighted by Gasteiger charge is -2.30. The largest absolute Gasteiger partial charge is 0.270 e. The number of hydrazone groups is 1. The van der Waals surface area contributed by atoms with Crippen LogP contribution in [0.25, 0.3) is 0 Å². The summed E-state index contributed by atoms with van der Waals surface area (Å²) in [7, 11) is 0. The van der Waals surface area contributed by atoms with Gasteiger partial charge in [0.1, 0.15) is 6.34 Å². The quantitative estimate of drug-likeness (QED) is 0.547. The maximum Gasteiger partial charge on any atom is 0.231 e. The lowest BCUT2D eigenvalue weighted by Crippen LogP contribution is -2.44. The van der Waals surface area contributed by atoms with Crippen LogP contribution in [0.4, 0.5) is 0 Å². The van der Waals surface area contributed by atoms with Gasteiger partial charge in [-0.15, -0.1) is 0 Å². The van der Waals surface area contributed by atoms with E-state index in [-0.39, 0.29) is 6.17 Å². The maximum absolute atomic E-state index is 5.75. The Kier molecular flexibility index (Phi) is 3.37. The van der Waals surface area contributed by atoms with E-state index in [0.717, 1.165) is 0 Å². The highest BCUT2D eigenvalue weighted by atomic mass is 79.9. The first-order valence-corrected chi connectivity index (χ1v) is 5.12. The van der Waals surface area contributed by atoms with Gasteiger partial charge in [0.05, 0.1) is 16.1 Å². The zero-order valence-electron chi connectivity index (χ0n) is 6.22. The standard InChI is InChI=1S/C5H7BrCl3N3/c1-2-12-4(5(7,8)9)11(6)3-10-12/h3-4H,2H2,1H3. The Bertz CT molecular complexity index is 193. The topological polar surface area (TPSA) is 18.8 Å². The molecule has 0 aromatic carbocycles. The van der Waals surface area contributed by atoms with E-state index >= 15 is 0 Å². The van der Waals surface area contributed by atoms with E-state index in [1.807, 2.05) is 6.92 Å². The summed E-state index contributed by atoms with van der Waals surface area (Å²) < 4.78 is 0.208. The summed E-state index contributed by atoms with van der Waals surface area (Å²) in [5.74, 6) is 0. The third kappa shape index (κ3) is 2.10. The fourth-order valence-electron chi connectivity index (χ4n) is 0.933. The van der Waals surface area contributed by atoms with E-state index in [1.54, 1.807) is 15.3 Å². The Morgan fingerprint density at radius 2 is 2.17 bits per heavy atom.